The smallest absolute Gasteiger partial charge is 0.307 e. The molecule has 0 aliphatic heterocycles. The fraction of sp³-hybridized carbons (Fsp3) is 0.902. The number of unbranched alkanes of at least 4 members (excludes halogenated alkanes) is 5. The SMILES string of the molecule is CCCCCCCCOC(=O)CC[C@@H](C)[C@H]1CC[C@H]2C3C(OC(=O)CCN)CC4C[C@H](OC(=O)CCN)CC[C@]4(C)[C@H]3C[C@H](OC(=O)CCN)[C@]12C. The van der Waals surface area contributed by atoms with E-state index in [-0.39, 0.29) is 127 Å². The van der Waals surface area contributed by atoms with Crippen LogP contribution in [0, 0.1) is 46.3 Å². The van der Waals surface area contributed by atoms with Gasteiger partial charge in [-0.25, -0.2) is 0 Å². The van der Waals surface area contributed by atoms with Crippen LogP contribution in [0.4, 0.5) is 0 Å². The van der Waals surface area contributed by atoms with Crippen LogP contribution >= 0.6 is 0 Å². The molecule has 0 spiro atoms. The Kier molecular flexibility index (Phi) is 16.3. The molecule has 11 nitrogen and oxygen atoms in total. The standard InChI is InChI=1S/C41H71N3O8/c1-5-6-7-8-9-10-23-49-35(45)14-11-27(2)30-12-13-31-39-32(26-34(41(30,31)4)52-38(48)18-22-44)40(3)19-15-29(50-36(46)16-20-42)24-28(40)25-33(39)51-37(47)17-21-43/h27-34,39H,5-26,42-44H2,1-4H3/t27-,28?,29-,30-,31+,32+,33?,34+,39?,40+,41-/m1/s1. The van der Waals surface area contributed by atoms with Gasteiger partial charge < -0.3 is 36.1 Å². The zero-order valence-corrected chi connectivity index (χ0v) is 32.8. The molecule has 0 radical (unpaired) electrons. The Hall–Kier alpha value is -2.24. The van der Waals surface area contributed by atoms with Crippen LogP contribution in [0.25, 0.3) is 0 Å². The van der Waals surface area contributed by atoms with Gasteiger partial charge in [-0.3, -0.25) is 19.2 Å². The average molecular weight is 734 g/mol. The van der Waals surface area contributed by atoms with E-state index in [9.17, 15) is 19.2 Å². The minimum atomic E-state index is -0.371. The van der Waals surface area contributed by atoms with E-state index in [1.54, 1.807) is 0 Å². The third kappa shape index (κ3) is 10.1. The molecule has 0 aromatic heterocycles. The molecule has 0 heterocycles. The van der Waals surface area contributed by atoms with Gasteiger partial charge in [-0.15, -0.1) is 0 Å². The first-order valence-corrected chi connectivity index (χ1v) is 20.8. The molecule has 11 atom stereocenters. The second-order valence-corrected chi connectivity index (χ2v) is 17.0. The third-order valence-electron chi connectivity index (χ3n) is 13.9. The summed E-state index contributed by atoms with van der Waals surface area (Å²) in [6.45, 7) is 10.3. The predicted octanol–water partition coefficient (Wildman–Crippen LogP) is 5.97. The highest BCUT2D eigenvalue weighted by Crippen LogP contribution is 2.69. The lowest BCUT2D eigenvalue weighted by molar-refractivity contribution is -0.225. The van der Waals surface area contributed by atoms with Gasteiger partial charge in [-0.1, -0.05) is 59.8 Å². The third-order valence-corrected chi connectivity index (χ3v) is 13.9. The fourth-order valence-electron chi connectivity index (χ4n) is 11.2. The van der Waals surface area contributed by atoms with Crippen LogP contribution in [0.2, 0.25) is 0 Å². The summed E-state index contributed by atoms with van der Waals surface area (Å²) in [5, 5.41) is 0. The van der Waals surface area contributed by atoms with E-state index >= 15 is 0 Å². The normalized spacial score (nSPS) is 34.3. The van der Waals surface area contributed by atoms with Crippen molar-refractivity contribution in [3.05, 3.63) is 0 Å². The lowest BCUT2D eigenvalue weighted by atomic mass is 9.43. The summed E-state index contributed by atoms with van der Waals surface area (Å²) in [5.74, 6) is -0.00360. The molecule has 0 aromatic rings. The zero-order chi connectivity index (χ0) is 37.9. The lowest BCUT2D eigenvalue weighted by Crippen LogP contribution is -2.63. The van der Waals surface area contributed by atoms with E-state index in [2.05, 4.69) is 27.7 Å². The summed E-state index contributed by atoms with van der Waals surface area (Å²) in [7, 11) is 0. The Bertz CT molecular complexity index is 1180. The molecular weight excluding hydrogens is 662 g/mol. The predicted molar refractivity (Wildman–Crippen MR) is 199 cm³/mol. The molecule has 4 fully saturated rings. The van der Waals surface area contributed by atoms with Gasteiger partial charge in [0.15, 0.2) is 0 Å². The van der Waals surface area contributed by atoms with E-state index < -0.39 is 0 Å². The number of esters is 4. The molecular formula is C41H71N3O8. The van der Waals surface area contributed by atoms with E-state index in [0.717, 1.165) is 38.5 Å². The highest BCUT2D eigenvalue weighted by Gasteiger charge is 2.67. The number of hydrogen-bond donors (Lipinski definition) is 3. The lowest BCUT2D eigenvalue weighted by Gasteiger charge is -2.64. The molecule has 52 heavy (non-hydrogen) atoms. The Morgan fingerprint density at radius 3 is 2.02 bits per heavy atom. The molecule has 4 aliphatic carbocycles. The van der Waals surface area contributed by atoms with E-state index in [0.29, 0.717) is 38.7 Å². The molecule has 3 unspecified atom stereocenters. The Labute approximate surface area is 312 Å². The minimum Gasteiger partial charge on any atom is -0.466 e. The Balaban J connectivity index is 1.56. The van der Waals surface area contributed by atoms with Crippen LogP contribution < -0.4 is 17.2 Å². The van der Waals surface area contributed by atoms with Gasteiger partial charge in [0, 0.05) is 37.4 Å². The maximum Gasteiger partial charge on any atom is 0.307 e. The van der Waals surface area contributed by atoms with Crippen LogP contribution in [-0.2, 0) is 38.1 Å². The van der Waals surface area contributed by atoms with Gasteiger partial charge in [-0.05, 0) is 92.8 Å². The summed E-state index contributed by atoms with van der Waals surface area (Å²) < 4.78 is 24.3. The second-order valence-electron chi connectivity index (χ2n) is 17.0. The summed E-state index contributed by atoms with van der Waals surface area (Å²) in [5.41, 5.74) is 16.7. The summed E-state index contributed by atoms with van der Waals surface area (Å²) in [4.78, 5) is 51.6. The van der Waals surface area contributed by atoms with Crippen LogP contribution in [-0.4, -0.2) is 68.4 Å². The van der Waals surface area contributed by atoms with Crippen molar-refractivity contribution in [2.45, 2.75) is 162 Å². The van der Waals surface area contributed by atoms with E-state index in [1.807, 2.05) is 0 Å². The van der Waals surface area contributed by atoms with Gasteiger partial charge in [0.1, 0.15) is 18.3 Å². The highest BCUT2D eigenvalue weighted by molar-refractivity contribution is 5.71. The van der Waals surface area contributed by atoms with Crippen molar-refractivity contribution in [2.24, 2.45) is 63.5 Å². The van der Waals surface area contributed by atoms with Gasteiger partial charge in [0.05, 0.1) is 25.9 Å². The van der Waals surface area contributed by atoms with Gasteiger partial charge in [0.25, 0.3) is 0 Å². The largest absolute Gasteiger partial charge is 0.466 e. The van der Waals surface area contributed by atoms with Crippen LogP contribution in [0.3, 0.4) is 0 Å². The van der Waals surface area contributed by atoms with Crippen molar-refractivity contribution in [3.8, 4) is 0 Å². The number of rotatable bonds is 20. The zero-order valence-electron chi connectivity index (χ0n) is 32.8. The molecule has 4 rings (SSSR count). The number of fused-ring (bicyclic) bond motifs is 5. The Morgan fingerprint density at radius 2 is 1.35 bits per heavy atom. The maximum atomic E-state index is 13.2. The van der Waals surface area contributed by atoms with Crippen molar-refractivity contribution in [2.75, 3.05) is 26.2 Å². The topological polar surface area (TPSA) is 183 Å². The van der Waals surface area contributed by atoms with Crippen molar-refractivity contribution in [1.82, 2.24) is 0 Å². The average Bonchev–Trinajstić information content (AvgIpc) is 3.46. The summed E-state index contributed by atoms with van der Waals surface area (Å²) in [6.07, 6.45) is 13.2. The Morgan fingerprint density at radius 1 is 0.712 bits per heavy atom. The van der Waals surface area contributed by atoms with Crippen molar-refractivity contribution < 1.29 is 38.1 Å². The molecule has 4 aliphatic rings. The summed E-state index contributed by atoms with van der Waals surface area (Å²) in [6, 6.07) is 0. The molecule has 0 bridgehead atoms. The quantitative estimate of drug-likeness (QED) is 0.0762. The molecule has 0 amide bonds. The monoisotopic (exact) mass is 734 g/mol. The number of carbonyl (C=O) groups excluding carboxylic acids is 4. The first-order valence-electron chi connectivity index (χ1n) is 20.8. The number of hydrogen-bond acceptors (Lipinski definition) is 11. The van der Waals surface area contributed by atoms with Crippen molar-refractivity contribution >= 4 is 23.9 Å². The molecule has 4 saturated carbocycles. The first-order chi connectivity index (χ1) is 24.9. The molecule has 6 N–H and O–H groups in total. The highest BCUT2D eigenvalue weighted by atomic mass is 16.6. The number of ether oxygens (including phenoxy) is 4. The van der Waals surface area contributed by atoms with Crippen molar-refractivity contribution in [1.29, 1.82) is 0 Å². The second kappa shape index (κ2) is 19.9. The molecule has 298 valence electrons. The first kappa shape index (κ1) is 42.5. The fourth-order valence-corrected chi connectivity index (χ4v) is 11.2. The van der Waals surface area contributed by atoms with Gasteiger partial charge in [-0.2, -0.15) is 0 Å². The van der Waals surface area contributed by atoms with Crippen LogP contribution in [0.15, 0.2) is 0 Å². The van der Waals surface area contributed by atoms with Gasteiger partial charge in [0.2, 0.25) is 0 Å². The molecule has 0 aromatic carbocycles. The van der Waals surface area contributed by atoms with E-state index in [4.69, 9.17) is 36.1 Å². The van der Waals surface area contributed by atoms with E-state index in [1.165, 1.54) is 25.7 Å². The molecule has 0 saturated heterocycles. The summed E-state index contributed by atoms with van der Waals surface area (Å²) >= 11 is 0. The number of carbonyl (C=O) groups is 4. The maximum absolute atomic E-state index is 13.2. The van der Waals surface area contributed by atoms with Crippen LogP contribution in [0.5, 0.6) is 0 Å². The van der Waals surface area contributed by atoms with Crippen molar-refractivity contribution in [3.63, 3.8) is 0 Å². The van der Waals surface area contributed by atoms with Gasteiger partial charge >= 0.3 is 23.9 Å². The number of nitrogens with two attached hydrogens (primary N) is 3. The molecule has 11 heteroatoms. The minimum absolute atomic E-state index is 0.0910. The van der Waals surface area contributed by atoms with Crippen LogP contribution in [0.1, 0.15) is 143 Å².